The molecule has 4 aromatic rings. The minimum Gasteiger partial charge on any atom is -0.481 e. The third-order valence-electron chi connectivity index (χ3n) is 5.24. The molecule has 1 aliphatic heterocycles. The molecule has 5 heterocycles. The van der Waals surface area contributed by atoms with Crippen LogP contribution >= 0.6 is 11.3 Å². The summed E-state index contributed by atoms with van der Waals surface area (Å²) < 4.78 is 7.27. The summed E-state index contributed by atoms with van der Waals surface area (Å²) in [6, 6.07) is 9.55. The molecule has 1 amide bonds. The number of methoxy groups -OCH3 is 1. The summed E-state index contributed by atoms with van der Waals surface area (Å²) in [5.41, 5.74) is 3.38. The van der Waals surface area contributed by atoms with Crippen LogP contribution < -0.4 is 4.74 Å². The van der Waals surface area contributed by atoms with Crippen molar-refractivity contribution >= 4 is 28.4 Å². The fourth-order valence-electron chi connectivity index (χ4n) is 3.82. The van der Waals surface area contributed by atoms with E-state index in [0.717, 1.165) is 29.0 Å². The van der Waals surface area contributed by atoms with E-state index in [-0.39, 0.29) is 11.9 Å². The van der Waals surface area contributed by atoms with Crippen LogP contribution in [-0.2, 0) is 0 Å². The highest BCUT2D eigenvalue weighted by atomic mass is 32.1. The lowest BCUT2D eigenvalue weighted by molar-refractivity contribution is 0.0787. The number of nitrogens with zero attached hydrogens (tertiary/aromatic N) is 5. The summed E-state index contributed by atoms with van der Waals surface area (Å²) in [5, 5.41) is 4.15. The van der Waals surface area contributed by atoms with E-state index in [9.17, 15) is 4.79 Å². The van der Waals surface area contributed by atoms with Gasteiger partial charge >= 0.3 is 0 Å². The molecule has 8 heteroatoms. The second kappa shape index (κ2) is 7.29. The van der Waals surface area contributed by atoms with E-state index < -0.39 is 0 Å². The summed E-state index contributed by atoms with van der Waals surface area (Å²) in [6.45, 7) is 1.30. The van der Waals surface area contributed by atoms with Gasteiger partial charge < -0.3 is 14.2 Å². The van der Waals surface area contributed by atoms with E-state index in [2.05, 4.69) is 26.0 Å². The molecule has 0 aromatic carbocycles. The zero-order chi connectivity index (χ0) is 19.8. The minimum atomic E-state index is -0.0166. The van der Waals surface area contributed by atoms with Crippen LogP contribution in [0.5, 0.6) is 5.88 Å². The molecule has 1 fully saturated rings. The molecule has 7 nitrogen and oxygen atoms in total. The van der Waals surface area contributed by atoms with Crippen molar-refractivity contribution in [3.8, 4) is 17.3 Å². The van der Waals surface area contributed by atoms with Gasteiger partial charge in [-0.05, 0) is 36.1 Å². The van der Waals surface area contributed by atoms with Crippen molar-refractivity contribution in [2.75, 3.05) is 20.2 Å². The molecule has 29 heavy (non-hydrogen) atoms. The van der Waals surface area contributed by atoms with Gasteiger partial charge in [0.1, 0.15) is 11.3 Å². The zero-order valence-corrected chi connectivity index (χ0v) is 16.7. The number of likely N-dealkylation sites (tertiary alicyclic amines) is 1. The summed E-state index contributed by atoms with van der Waals surface area (Å²) in [7, 11) is 1.56. The highest BCUT2D eigenvalue weighted by Crippen LogP contribution is 2.33. The van der Waals surface area contributed by atoms with Gasteiger partial charge in [-0.1, -0.05) is 0 Å². The van der Waals surface area contributed by atoms with Crippen LogP contribution in [-0.4, -0.2) is 50.5 Å². The summed E-state index contributed by atoms with van der Waals surface area (Å²) in [5.74, 6) is 1.39. The first-order chi connectivity index (χ1) is 14.2. The molecule has 4 aromatic heterocycles. The van der Waals surface area contributed by atoms with Gasteiger partial charge in [0, 0.05) is 42.5 Å². The molecule has 1 aliphatic rings. The van der Waals surface area contributed by atoms with Crippen LogP contribution in [0.25, 0.3) is 22.6 Å². The van der Waals surface area contributed by atoms with E-state index in [1.807, 2.05) is 22.4 Å². The van der Waals surface area contributed by atoms with Crippen molar-refractivity contribution in [1.82, 2.24) is 24.4 Å². The number of fused-ring (bicyclic) bond motifs is 1. The molecule has 0 bridgehead atoms. The summed E-state index contributed by atoms with van der Waals surface area (Å²) in [6.07, 6.45) is 4.22. The number of pyridine rings is 2. The average Bonchev–Trinajstić information content (AvgIpc) is 3.52. The van der Waals surface area contributed by atoms with Crippen LogP contribution in [0.1, 0.15) is 22.8 Å². The molecule has 1 saturated heterocycles. The molecular formula is C21H19N5O2S. The molecule has 0 N–H and O–H groups in total. The Morgan fingerprint density at radius 2 is 2.17 bits per heavy atom. The predicted octanol–water partition coefficient (Wildman–Crippen LogP) is 3.65. The monoisotopic (exact) mass is 405 g/mol. The average molecular weight is 405 g/mol. The van der Waals surface area contributed by atoms with Gasteiger partial charge in [-0.25, -0.2) is 15.0 Å². The third kappa shape index (κ3) is 3.15. The summed E-state index contributed by atoms with van der Waals surface area (Å²) in [4.78, 5) is 28.4. The molecule has 0 aliphatic carbocycles. The van der Waals surface area contributed by atoms with Crippen molar-refractivity contribution in [2.45, 2.75) is 12.5 Å². The summed E-state index contributed by atoms with van der Waals surface area (Å²) >= 11 is 1.65. The fourth-order valence-corrected chi connectivity index (χ4v) is 4.45. The predicted molar refractivity (Wildman–Crippen MR) is 111 cm³/mol. The lowest BCUT2D eigenvalue weighted by Crippen LogP contribution is -2.29. The maximum Gasteiger partial charge on any atom is 0.255 e. The number of imidazole rings is 1. The first-order valence-corrected chi connectivity index (χ1v) is 10.3. The molecule has 5 rings (SSSR count). The van der Waals surface area contributed by atoms with Gasteiger partial charge in [0.05, 0.1) is 18.7 Å². The first-order valence-electron chi connectivity index (χ1n) is 9.39. The molecule has 0 radical (unpaired) electrons. The highest BCUT2D eigenvalue weighted by molar-refractivity contribution is 7.08. The van der Waals surface area contributed by atoms with E-state index in [1.165, 1.54) is 0 Å². The Bertz CT molecular complexity index is 1150. The van der Waals surface area contributed by atoms with Crippen molar-refractivity contribution in [1.29, 1.82) is 0 Å². The van der Waals surface area contributed by atoms with Gasteiger partial charge in [-0.2, -0.15) is 11.3 Å². The quantitative estimate of drug-likeness (QED) is 0.518. The Morgan fingerprint density at radius 3 is 2.93 bits per heavy atom. The Balaban J connectivity index is 1.46. The Kier molecular flexibility index (Phi) is 4.48. The standard InChI is InChI=1S/C21H19N5O2S/c1-28-18-5-4-14(11-23-18)21(27)25-9-6-16(12-25)26-19(15-7-10-29-13-15)24-17-3-2-8-22-20(17)26/h2-5,7-8,10-11,13,16H,6,9,12H2,1H3/t16-/m1/s1. The van der Waals surface area contributed by atoms with E-state index >= 15 is 0 Å². The number of carbonyl (C=O) groups excluding carboxylic acids is 1. The highest BCUT2D eigenvalue weighted by Gasteiger charge is 2.31. The number of thiophene rings is 1. The van der Waals surface area contributed by atoms with Crippen LogP contribution in [0, 0.1) is 0 Å². The van der Waals surface area contributed by atoms with Crippen molar-refractivity contribution < 1.29 is 9.53 Å². The maximum atomic E-state index is 12.9. The lowest BCUT2D eigenvalue weighted by atomic mass is 10.2. The van der Waals surface area contributed by atoms with E-state index in [0.29, 0.717) is 24.5 Å². The molecule has 146 valence electrons. The maximum absolute atomic E-state index is 12.9. The normalized spacial score (nSPS) is 16.4. The number of ether oxygens (including phenoxy) is 1. The molecule has 0 saturated carbocycles. The van der Waals surface area contributed by atoms with Crippen molar-refractivity contribution in [2.24, 2.45) is 0 Å². The zero-order valence-electron chi connectivity index (χ0n) is 15.9. The molecule has 0 spiro atoms. The smallest absolute Gasteiger partial charge is 0.255 e. The Hall–Kier alpha value is -3.26. The van der Waals surface area contributed by atoms with Gasteiger partial charge in [-0.3, -0.25) is 4.79 Å². The van der Waals surface area contributed by atoms with Crippen LogP contribution in [0.4, 0.5) is 0 Å². The number of hydrogen-bond acceptors (Lipinski definition) is 6. The molecule has 0 unspecified atom stereocenters. The number of aromatic nitrogens is 4. The van der Waals surface area contributed by atoms with Crippen LogP contribution in [0.15, 0.2) is 53.5 Å². The van der Waals surface area contributed by atoms with E-state index in [1.54, 1.807) is 43.0 Å². The Labute approximate surface area is 171 Å². The number of carbonyl (C=O) groups is 1. The molecular weight excluding hydrogens is 386 g/mol. The molecule has 1 atom stereocenters. The number of rotatable bonds is 4. The first kappa shape index (κ1) is 17.8. The van der Waals surface area contributed by atoms with Gasteiger partial charge in [0.25, 0.3) is 5.91 Å². The lowest BCUT2D eigenvalue weighted by Gasteiger charge is -2.18. The van der Waals surface area contributed by atoms with Crippen molar-refractivity contribution in [3.05, 3.63) is 59.0 Å². The Morgan fingerprint density at radius 1 is 1.24 bits per heavy atom. The topological polar surface area (TPSA) is 73.1 Å². The van der Waals surface area contributed by atoms with Gasteiger partial charge in [0.2, 0.25) is 5.88 Å². The fraction of sp³-hybridized carbons (Fsp3) is 0.238. The minimum absolute atomic E-state index is 0.0166. The second-order valence-corrected chi connectivity index (χ2v) is 7.73. The number of hydrogen-bond donors (Lipinski definition) is 0. The second-order valence-electron chi connectivity index (χ2n) is 6.95. The largest absolute Gasteiger partial charge is 0.481 e. The third-order valence-corrected chi connectivity index (χ3v) is 5.92. The van der Waals surface area contributed by atoms with E-state index in [4.69, 9.17) is 9.72 Å². The van der Waals surface area contributed by atoms with Crippen LogP contribution in [0.2, 0.25) is 0 Å². The SMILES string of the molecule is COc1ccc(C(=O)N2CC[C@@H](n3c(-c4ccsc4)nc4cccnc43)C2)cn1. The number of amides is 1. The van der Waals surface area contributed by atoms with Crippen molar-refractivity contribution in [3.63, 3.8) is 0 Å². The van der Waals surface area contributed by atoms with Gasteiger partial charge in [0.15, 0.2) is 5.65 Å². The van der Waals surface area contributed by atoms with Crippen LogP contribution in [0.3, 0.4) is 0 Å². The van der Waals surface area contributed by atoms with Gasteiger partial charge in [-0.15, -0.1) is 0 Å².